The van der Waals surface area contributed by atoms with Gasteiger partial charge in [-0.15, -0.1) is 0 Å². The van der Waals surface area contributed by atoms with Crippen molar-refractivity contribution in [2.24, 2.45) is 5.92 Å². The molecule has 1 aromatic carbocycles. The Hall–Kier alpha value is -2.47. The van der Waals surface area contributed by atoms with Crippen molar-refractivity contribution in [2.75, 3.05) is 26.2 Å². The summed E-state index contributed by atoms with van der Waals surface area (Å²) in [5.41, 5.74) is 1.50. The minimum Gasteiger partial charge on any atom is -0.356 e. The van der Waals surface area contributed by atoms with Gasteiger partial charge in [-0.2, -0.15) is 5.10 Å². The van der Waals surface area contributed by atoms with Crippen molar-refractivity contribution >= 4 is 5.91 Å². The van der Waals surface area contributed by atoms with Gasteiger partial charge in [0.05, 0.1) is 12.2 Å². The van der Waals surface area contributed by atoms with Gasteiger partial charge in [-0.05, 0) is 44.3 Å². The van der Waals surface area contributed by atoms with E-state index in [1.54, 1.807) is 6.07 Å². The van der Waals surface area contributed by atoms with Crippen LogP contribution in [0.15, 0.2) is 47.3 Å². The molecule has 28 heavy (non-hydrogen) atoms. The summed E-state index contributed by atoms with van der Waals surface area (Å²) in [6, 6.07) is 12.9. The Morgan fingerprint density at radius 2 is 2.00 bits per heavy atom. The SMILES string of the molecule is C[C@@H]1CCCN(CCCNC(=O)CCn2nc(-c3ccccc3)ccc2=O)C1. The van der Waals surface area contributed by atoms with Crippen LogP contribution < -0.4 is 10.9 Å². The van der Waals surface area contributed by atoms with Crippen LogP contribution in [0, 0.1) is 5.92 Å². The van der Waals surface area contributed by atoms with Crippen molar-refractivity contribution in [3.05, 3.63) is 52.8 Å². The summed E-state index contributed by atoms with van der Waals surface area (Å²) in [5, 5.41) is 7.36. The fourth-order valence-electron chi connectivity index (χ4n) is 3.69. The molecule has 0 saturated carbocycles. The van der Waals surface area contributed by atoms with Gasteiger partial charge in [0.15, 0.2) is 0 Å². The zero-order chi connectivity index (χ0) is 19.8. The molecule has 150 valence electrons. The Bertz CT molecular complexity index is 819. The fourth-order valence-corrected chi connectivity index (χ4v) is 3.69. The van der Waals surface area contributed by atoms with Gasteiger partial charge < -0.3 is 10.2 Å². The molecule has 2 heterocycles. The summed E-state index contributed by atoms with van der Waals surface area (Å²) < 4.78 is 1.37. The largest absolute Gasteiger partial charge is 0.356 e. The maximum atomic E-state index is 12.1. The number of carbonyl (C=O) groups excluding carboxylic acids is 1. The summed E-state index contributed by atoms with van der Waals surface area (Å²) in [6.45, 7) is 6.64. The standard InChI is InChI=1S/C22H30N4O2/c1-18-7-5-14-25(17-18)15-6-13-23-21(27)12-16-26-22(28)11-10-20(24-26)19-8-3-2-4-9-19/h2-4,8-11,18H,5-7,12-17H2,1H3,(H,23,27)/t18-/m1/s1. The highest BCUT2D eigenvalue weighted by atomic mass is 16.2. The maximum Gasteiger partial charge on any atom is 0.266 e. The van der Waals surface area contributed by atoms with E-state index in [0.29, 0.717) is 6.54 Å². The van der Waals surface area contributed by atoms with Gasteiger partial charge in [0, 0.05) is 31.1 Å². The number of aryl methyl sites for hydroxylation is 1. The lowest BCUT2D eigenvalue weighted by atomic mass is 10.0. The first-order valence-electron chi connectivity index (χ1n) is 10.2. The Labute approximate surface area is 166 Å². The Balaban J connectivity index is 1.42. The van der Waals surface area contributed by atoms with Crippen LogP contribution in [0.5, 0.6) is 0 Å². The smallest absolute Gasteiger partial charge is 0.266 e. The molecule has 0 aliphatic carbocycles. The number of hydrogen-bond acceptors (Lipinski definition) is 4. The predicted molar refractivity (Wildman–Crippen MR) is 111 cm³/mol. The number of nitrogens with one attached hydrogen (secondary N) is 1. The monoisotopic (exact) mass is 382 g/mol. The highest BCUT2D eigenvalue weighted by molar-refractivity contribution is 5.75. The van der Waals surface area contributed by atoms with E-state index in [-0.39, 0.29) is 24.4 Å². The Morgan fingerprint density at radius 1 is 1.18 bits per heavy atom. The molecule has 1 amide bonds. The minimum absolute atomic E-state index is 0.0363. The van der Waals surface area contributed by atoms with Crippen LogP contribution >= 0.6 is 0 Å². The minimum atomic E-state index is -0.188. The number of benzene rings is 1. The van der Waals surface area contributed by atoms with Gasteiger partial charge in [-0.3, -0.25) is 9.59 Å². The second-order valence-electron chi connectivity index (χ2n) is 7.65. The van der Waals surface area contributed by atoms with E-state index in [4.69, 9.17) is 0 Å². The molecule has 0 spiro atoms. The van der Waals surface area contributed by atoms with E-state index < -0.39 is 0 Å². The molecule has 1 fully saturated rings. The Morgan fingerprint density at radius 3 is 2.79 bits per heavy atom. The molecular weight excluding hydrogens is 352 g/mol. The third-order valence-corrected chi connectivity index (χ3v) is 5.20. The zero-order valence-electron chi connectivity index (χ0n) is 16.6. The zero-order valence-corrected chi connectivity index (χ0v) is 16.6. The first-order chi connectivity index (χ1) is 13.6. The van der Waals surface area contributed by atoms with Crippen molar-refractivity contribution < 1.29 is 4.79 Å². The summed E-state index contributed by atoms with van der Waals surface area (Å²) in [7, 11) is 0. The molecule has 6 heteroatoms. The summed E-state index contributed by atoms with van der Waals surface area (Å²) in [4.78, 5) is 26.6. The maximum absolute atomic E-state index is 12.1. The van der Waals surface area contributed by atoms with Crippen LogP contribution in [-0.2, 0) is 11.3 Å². The van der Waals surface area contributed by atoms with E-state index in [0.717, 1.165) is 30.1 Å². The number of hydrogen-bond donors (Lipinski definition) is 1. The molecular formula is C22H30N4O2. The van der Waals surface area contributed by atoms with Gasteiger partial charge in [-0.25, -0.2) is 4.68 Å². The van der Waals surface area contributed by atoms with Crippen molar-refractivity contribution in [2.45, 2.75) is 39.2 Å². The summed E-state index contributed by atoms with van der Waals surface area (Å²) in [6.07, 6.45) is 3.81. The Kier molecular flexibility index (Phi) is 7.37. The van der Waals surface area contributed by atoms with Crippen LogP contribution in [0.3, 0.4) is 0 Å². The second kappa shape index (κ2) is 10.2. The first kappa shape index (κ1) is 20.3. The van der Waals surface area contributed by atoms with Crippen LogP contribution in [0.1, 0.15) is 32.6 Å². The quantitative estimate of drug-likeness (QED) is 0.713. The molecule has 1 atom stereocenters. The number of likely N-dealkylation sites (tertiary alicyclic amines) is 1. The van der Waals surface area contributed by atoms with Gasteiger partial charge in [0.1, 0.15) is 0 Å². The van der Waals surface area contributed by atoms with Crippen molar-refractivity contribution in [1.82, 2.24) is 20.0 Å². The molecule has 2 aromatic rings. The fraction of sp³-hybridized carbons (Fsp3) is 0.500. The summed E-state index contributed by atoms with van der Waals surface area (Å²) in [5.74, 6) is 0.742. The number of aromatic nitrogens is 2. The van der Waals surface area contributed by atoms with Gasteiger partial charge in [0.25, 0.3) is 5.56 Å². The van der Waals surface area contributed by atoms with Gasteiger partial charge >= 0.3 is 0 Å². The van der Waals surface area contributed by atoms with Crippen molar-refractivity contribution in [3.63, 3.8) is 0 Å². The highest BCUT2D eigenvalue weighted by Gasteiger charge is 2.15. The average molecular weight is 383 g/mol. The highest BCUT2D eigenvalue weighted by Crippen LogP contribution is 2.15. The predicted octanol–water partition coefficient (Wildman–Crippen LogP) is 2.54. The molecule has 1 aliphatic heterocycles. The van der Waals surface area contributed by atoms with Gasteiger partial charge in [-0.1, -0.05) is 37.3 Å². The second-order valence-corrected chi connectivity index (χ2v) is 7.65. The van der Waals surface area contributed by atoms with Gasteiger partial charge in [0.2, 0.25) is 5.91 Å². The summed E-state index contributed by atoms with van der Waals surface area (Å²) >= 11 is 0. The molecule has 0 unspecified atom stereocenters. The number of rotatable bonds is 8. The molecule has 1 saturated heterocycles. The third-order valence-electron chi connectivity index (χ3n) is 5.20. The van der Waals surface area contributed by atoms with Crippen LogP contribution in [0.4, 0.5) is 0 Å². The lowest BCUT2D eigenvalue weighted by Gasteiger charge is -2.30. The normalized spacial score (nSPS) is 17.4. The molecule has 1 N–H and O–H groups in total. The lowest BCUT2D eigenvalue weighted by Crippen LogP contribution is -2.36. The number of carbonyl (C=O) groups is 1. The molecule has 6 nitrogen and oxygen atoms in total. The van der Waals surface area contributed by atoms with Crippen LogP contribution in [-0.4, -0.2) is 46.8 Å². The molecule has 1 aliphatic rings. The van der Waals surface area contributed by atoms with Crippen LogP contribution in [0.2, 0.25) is 0 Å². The van der Waals surface area contributed by atoms with E-state index in [1.807, 2.05) is 30.3 Å². The number of nitrogens with zero attached hydrogens (tertiary/aromatic N) is 3. The first-order valence-corrected chi connectivity index (χ1v) is 10.2. The third kappa shape index (κ3) is 6.02. The number of piperidine rings is 1. The molecule has 0 radical (unpaired) electrons. The van der Waals surface area contributed by atoms with E-state index in [2.05, 4.69) is 22.2 Å². The van der Waals surface area contributed by atoms with Crippen molar-refractivity contribution in [3.8, 4) is 11.3 Å². The lowest BCUT2D eigenvalue weighted by molar-refractivity contribution is -0.121. The molecule has 0 bridgehead atoms. The van der Waals surface area contributed by atoms with E-state index in [9.17, 15) is 9.59 Å². The van der Waals surface area contributed by atoms with E-state index >= 15 is 0 Å². The van der Waals surface area contributed by atoms with Crippen LogP contribution in [0.25, 0.3) is 11.3 Å². The average Bonchev–Trinajstić information content (AvgIpc) is 2.71. The van der Waals surface area contributed by atoms with E-state index in [1.165, 1.54) is 36.7 Å². The topological polar surface area (TPSA) is 67.2 Å². The molecule has 1 aromatic heterocycles. The molecule has 3 rings (SSSR count). The number of amides is 1. The van der Waals surface area contributed by atoms with Crippen molar-refractivity contribution in [1.29, 1.82) is 0 Å².